The molecule has 0 bridgehead atoms. The smallest absolute Gasteiger partial charge is 0.247 e. The zero-order valence-electron chi connectivity index (χ0n) is 8.23. The number of thiazole rings is 1. The zero-order chi connectivity index (χ0) is 10.9. The van der Waals surface area contributed by atoms with Gasteiger partial charge in [0.2, 0.25) is 0 Å². The van der Waals surface area contributed by atoms with Crippen molar-refractivity contribution in [1.82, 2.24) is 9.71 Å². The molecule has 5 nitrogen and oxygen atoms in total. The fourth-order valence-corrected chi connectivity index (χ4v) is 2.86. The van der Waals surface area contributed by atoms with Crippen molar-refractivity contribution in [1.29, 1.82) is 0 Å². The van der Waals surface area contributed by atoms with E-state index < -0.39 is 10.2 Å². The van der Waals surface area contributed by atoms with Gasteiger partial charge in [0.05, 0.1) is 16.7 Å². The lowest BCUT2D eigenvalue weighted by atomic mass is 10.2. The van der Waals surface area contributed by atoms with E-state index in [2.05, 4.69) is 9.71 Å². The van der Waals surface area contributed by atoms with Crippen LogP contribution < -0.4 is 9.86 Å². The molecule has 1 aromatic heterocycles. The van der Waals surface area contributed by atoms with Crippen LogP contribution in [0.1, 0.15) is 28.5 Å². The highest BCUT2D eigenvalue weighted by Crippen LogP contribution is 2.24. The van der Waals surface area contributed by atoms with Gasteiger partial charge in [-0.25, -0.2) is 10.1 Å². The summed E-state index contributed by atoms with van der Waals surface area (Å²) in [7, 11) is -3.65. The van der Waals surface area contributed by atoms with Gasteiger partial charge in [0.15, 0.2) is 0 Å². The lowest BCUT2D eigenvalue weighted by Gasteiger charge is -2.09. The third kappa shape index (κ3) is 3.02. The normalized spacial score (nSPS) is 14.3. The molecule has 1 heterocycles. The summed E-state index contributed by atoms with van der Waals surface area (Å²) in [5, 5.41) is 5.79. The molecule has 1 aromatic rings. The molecule has 1 rings (SSSR count). The van der Waals surface area contributed by atoms with Crippen LogP contribution in [0, 0.1) is 13.8 Å². The highest BCUT2D eigenvalue weighted by molar-refractivity contribution is 7.87. The number of nitrogens with two attached hydrogens (primary N) is 1. The first kappa shape index (κ1) is 11.6. The van der Waals surface area contributed by atoms with Crippen LogP contribution in [0.15, 0.2) is 0 Å². The molecule has 0 aliphatic carbocycles. The van der Waals surface area contributed by atoms with Crippen molar-refractivity contribution in [2.24, 2.45) is 5.14 Å². The van der Waals surface area contributed by atoms with Crippen LogP contribution in [0.5, 0.6) is 0 Å². The zero-order valence-corrected chi connectivity index (χ0v) is 9.87. The number of rotatable bonds is 3. The van der Waals surface area contributed by atoms with Crippen LogP contribution in [0.3, 0.4) is 0 Å². The van der Waals surface area contributed by atoms with Gasteiger partial charge in [-0.2, -0.15) is 13.1 Å². The third-order valence-electron chi connectivity index (χ3n) is 1.67. The van der Waals surface area contributed by atoms with Crippen molar-refractivity contribution in [3.63, 3.8) is 0 Å². The number of aryl methyl sites for hydroxylation is 2. The number of nitrogens with one attached hydrogen (secondary N) is 1. The number of aromatic nitrogens is 1. The Hall–Kier alpha value is -0.500. The highest BCUT2D eigenvalue weighted by atomic mass is 32.2. The lowest BCUT2D eigenvalue weighted by molar-refractivity contribution is 0.569. The summed E-state index contributed by atoms with van der Waals surface area (Å²) in [4.78, 5) is 5.10. The van der Waals surface area contributed by atoms with E-state index >= 15 is 0 Å². The van der Waals surface area contributed by atoms with Crippen LogP contribution in [-0.2, 0) is 10.2 Å². The minimum Gasteiger partial charge on any atom is -0.247 e. The van der Waals surface area contributed by atoms with E-state index in [-0.39, 0.29) is 6.04 Å². The molecule has 1 unspecified atom stereocenters. The minimum absolute atomic E-state index is 0.323. The summed E-state index contributed by atoms with van der Waals surface area (Å²) >= 11 is 1.47. The molecule has 0 amide bonds. The molecule has 80 valence electrons. The second-order valence-electron chi connectivity index (χ2n) is 3.07. The lowest BCUT2D eigenvalue weighted by Crippen LogP contribution is -2.32. The fourth-order valence-electron chi connectivity index (χ4n) is 1.25. The van der Waals surface area contributed by atoms with Gasteiger partial charge in [0.25, 0.3) is 10.2 Å². The van der Waals surface area contributed by atoms with Gasteiger partial charge < -0.3 is 0 Å². The van der Waals surface area contributed by atoms with E-state index in [0.717, 1.165) is 15.6 Å². The molecule has 0 radical (unpaired) electrons. The van der Waals surface area contributed by atoms with Crippen LogP contribution in [0.25, 0.3) is 0 Å². The monoisotopic (exact) mass is 235 g/mol. The van der Waals surface area contributed by atoms with Crippen molar-refractivity contribution in [2.45, 2.75) is 26.8 Å². The minimum atomic E-state index is -3.65. The van der Waals surface area contributed by atoms with Crippen LogP contribution in [0.2, 0.25) is 0 Å². The quantitative estimate of drug-likeness (QED) is 0.805. The Balaban J connectivity index is 2.90. The van der Waals surface area contributed by atoms with Crippen LogP contribution in [0.4, 0.5) is 0 Å². The predicted molar refractivity (Wildman–Crippen MR) is 56.2 cm³/mol. The maximum absolute atomic E-state index is 10.8. The topological polar surface area (TPSA) is 85.1 Å². The van der Waals surface area contributed by atoms with Crippen molar-refractivity contribution in [2.75, 3.05) is 0 Å². The van der Waals surface area contributed by atoms with Gasteiger partial charge in [-0.3, -0.25) is 0 Å². The Morgan fingerprint density at radius 1 is 1.50 bits per heavy atom. The van der Waals surface area contributed by atoms with E-state index in [0.29, 0.717) is 0 Å². The van der Waals surface area contributed by atoms with E-state index in [1.807, 2.05) is 13.8 Å². The molecular formula is C7H13N3O2S2. The van der Waals surface area contributed by atoms with Gasteiger partial charge >= 0.3 is 0 Å². The Morgan fingerprint density at radius 3 is 2.43 bits per heavy atom. The second kappa shape index (κ2) is 3.93. The summed E-state index contributed by atoms with van der Waals surface area (Å²) in [5.41, 5.74) is 0.844. The summed E-state index contributed by atoms with van der Waals surface area (Å²) in [5.74, 6) is 0. The molecule has 14 heavy (non-hydrogen) atoms. The Morgan fingerprint density at radius 2 is 2.07 bits per heavy atom. The summed E-state index contributed by atoms with van der Waals surface area (Å²) in [6, 6.07) is -0.323. The molecule has 0 fully saturated rings. The Bertz CT molecular complexity index is 424. The van der Waals surface area contributed by atoms with Gasteiger partial charge in [-0.05, 0) is 20.8 Å². The van der Waals surface area contributed by atoms with Gasteiger partial charge in [-0.1, -0.05) is 0 Å². The molecule has 0 aromatic carbocycles. The van der Waals surface area contributed by atoms with Gasteiger partial charge in [-0.15, -0.1) is 11.3 Å². The summed E-state index contributed by atoms with van der Waals surface area (Å²) in [6.07, 6.45) is 0. The van der Waals surface area contributed by atoms with Crippen molar-refractivity contribution in [3.05, 3.63) is 15.6 Å². The van der Waals surface area contributed by atoms with E-state index in [1.54, 1.807) is 6.92 Å². The Labute approximate surface area is 87.5 Å². The van der Waals surface area contributed by atoms with Crippen molar-refractivity contribution in [3.8, 4) is 0 Å². The fraction of sp³-hybridized carbons (Fsp3) is 0.571. The largest absolute Gasteiger partial charge is 0.274 e. The van der Waals surface area contributed by atoms with E-state index in [4.69, 9.17) is 5.14 Å². The van der Waals surface area contributed by atoms with Crippen molar-refractivity contribution >= 4 is 21.5 Å². The molecule has 0 saturated carbocycles. The average Bonchev–Trinajstić information content (AvgIpc) is 2.26. The van der Waals surface area contributed by atoms with Gasteiger partial charge in [0, 0.05) is 4.88 Å². The highest BCUT2D eigenvalue weighted by Gasteiger charge is 2.16. The molecule has 0 saturated heterocycles. The van der Waals surface area contributed by atoms with E-state index in [1.165, 1.54) is 11.3 Å². The molecule has 0 aliphatic rings. The summed E-state index contributed by atoms with van der Waals surface area (Å²) < 4.78 is 23.9. The summed E-state index contributed by atoms with van der Waals surface area (Å²) in [6.45, 7) is 5.47. The first-order valence-electron chi connectivity index (χ1n) is 4.03. The van der Waals surface area contributed by atoms with E-state index in [9.17, 15) is 8.42 Å². The molecule has 0 spiro atoms. The number of hydrogen-bond donors (Lipinski definition) is 2. The average molecular weight is 235 g/mol. The number of hydrogen-bond acceptors (Lipinski definition) is 4. The molecule has 1 atom stereocenters. The van der Waals surface area contributed by atoms with Crippen LogP contribution in [-0.4, -0.2) is 13.4 Å². The SMILES string of the molecule is Cc1nc(C)c(C(C)NS(N)(=O)=O)s1. The predicted octanol–water partition coefficient (Wildman–Crippen LogP) is 0.614. The molecule has 3 N–H and O–H groups in total. The maximum Gasteiger partial charge on any atom is 0.274 e. The van der Waals surface area contributed by atoms with Crippen molar-refractivity contribution < 1.29 is 8.42 Å². The molecular weight excluding hydrogens is 222 g/mol. The maximum atomic E-state index is 10.8. The van der Waals surface area contributed by atoms with Crippen LogP contribution >= 0.6 is 11.3 Å². The first-order valence-corrected chi connectivity index (χ1v) is 6.40. The third-order valence-corrected chi connectivity index (χ3v) is 3.61. The second-order valence-corrected chi connectivity index (χ2v) is 5.63. The molecule has 0 aliphatic heterocycles. The Kier molecular flexibility index (Phi) is 3.25. The molecule has 7 heteroatoms. The first-order chi connectivity index (χ1) is 6.29. The van der Waals surface area contributed by atoms with Gasteiger partial charge in [0.1, 0.15) is 0 Å². The standard InChI is InChI=1S/C7H13N3O2S2/c1-4-7(13-6(3)9-4)5(2)10-14(8,11)12/h5,10H,1-3H3,(H2,8,11,12). The number of nitrogens with zero attached hydrogens (tertiary/aromatic N) is 1.